The minimum absolute atomic E-state index is 0.0498. The first-order valence-corrected chi connectivity index (χ1v) is 6.21. The van der Waals surface area contributed by atoms with Crippen LogP contribution in [0.15, 0.2) is 18.2 Å². The highest BCUT2D eigenvalue weighted by Gasteiger charge is 2.24. The molecule has 17 heavy (non-hydrogen) atoms. The minimum atomic E-state index is 0.0498. The molecule has 1 heterocycles. The Morgan fingerprint density at radius 2 is 2.06 bits per heavy atom. The molecule has 3 heteroatoms. The standard InChI is InChI=1S/C14H21NO2/c1-10-4-3-5-12(14(10)16-2)13(15)11-6-8-17-9-7-11/h3-5,11,13H,6-9,15H2,1-2H3. The van der Waals surface area contributed by atoms with Gasteiger partial charge in [-0.25, -0.2) is 0 Å². The summed E-state index contributed by atoms with van der Waals surface area (Å²) in [5.41, 5.74) is 8.65. The number of benzene rings is 1. The second-order valence-electron chi connectivity index (χ2n) is 4.67. The van der Waals surface area contributed by atoms with Crippen molar-refractivity contribution in [3.63, 3.8) is 0 Å². The van der Waals surface area contributed by atoms with E-state index in [1.54, 1.807) is 7.11 Å². The van der Waals surface area contributed by atoms with Crippen LogP contribution in [0.4, 0.5) is 0 Å². The second-order valence-corrected chi connectivity index (χ2v) is 4.67. The van der Waals surface area contributed by atoms with Crippen molar-refractivity contribution in [2.24, 2.45) is 11.7 Å². The molecule has 2 rings (SSSR count). The molecule has 1 fully saturated rings. The summed E-state index contributed by atoms with van der Waals surface area (Å²) in [6, 6.07) is 6.23. The van der Waals surface area contributed by atoms with Crippen LogP contribution < -0.4 is 10.5 Å². The molecule has 0 radical (unpaired) electrons. The van der Waals surface area contributed by atoms with E-state index in [-0.39, 0.29) is 6.04 Å². The van der Waals surface area contributed by atoms with Gasteiger partial charge in [-0.15, -0.1) is 0 Å². The molecule has 0 amide bonds. The van der Waals surface area contributed by atoms with Crippen molar-refractivity contribution in [3.8, 4) is 5.75 Å². The highest BCUT2D eigenvalue weighted by molar-refractivity contribution is 5.42. The summed E-state index contributed by atoms with van der Waals surface area (Å²) in [4.78, 5) is 0. The van der Waals surface area contributed by atoms with Gasteiger partial charge in [0.1, 0.15) is 5.75 Å². The number of aryl methyl sites for hydroxylation is 1. The summed E-state index contributed by atoms with van der Waals surface area (Å²) < 4.78 is 10.9. The first kappa shape index (κ1) is 12.4. The normalized spacial score (nSPS) is 19.0. The molecule has 0 bridgehead atoms. The number of methoxy groups -OCH3 is 1. The van der Waals surface area contributed by atoms with Crippen molar-refractivity contribution < 1.29 is 9.47 Å². The van der Waals surface area contributed by atoms with Gasteiger partial charge >= 0.3 is 0 Å². The Kier molecular flexibility index (Phi) is 4.02. The van der Waals surface area contributed by atoms with E-state index in [0.717, 1.165) is 42.9 Å². The zero-order valence-electron chi connectivity index (χ0n) is 10.6. The zero-order valence-corrected chi connectivity index (χ0v) is 10.6. The molecule has 1 aromatic rings. The van der Waals surface area contributed by atoms with Crippen LogP contribution in [0.25, 0.3) is 0 Å². The fraction of sp³-hybridized carbons (Fsp3) is 0.571. The number of hydrogen-bond donors (Lipinski definition) is 1. The molecule has 3 nitrogen and oxygen atoms in total. The Labute approximate surface area is 103 Å². The van der Waals surface area contributed by atoms with E-state index in [0.29, 0.717) is 5.92 Å². The van der Waals surface area contributed by atoms with Gasteiger partial charge in [0.15, 0.2) is 0 Å². The summed E-state index contributed by atoms with van der Waals surface area (Å²) >= 11 is 0. The van der Waals surface area contributed by atoms with Gasteiger partial charge in [0.25, 0.3) is 0 Å². The van der Waals surface area contributed by atoms with Gasteiger partial charge in [-0.05, 0) is 31.2 Å². The molecule has 0 saturated carbocycles. The van der Waals surface area contributed by atoms with Gasteiger partial charge < -0.3 is 15.2 Å². The summed E-state index contributed by atoms with van der Waals surface area (Å²) in [6.07, 6.45) is 2.08. The Hall–Kier alpha value is -1.06. The third kappa shape index (κ3) is 2.61. The van der Waals surface area contributed by atoms with Crippen LogP contribution >= 0.6 is 0 Å². The molecule has 1 aromatic carbocycles. The average Bonchev–Trinajstić information content (AvgIpc) is 2.38. The first-order chi connectivity index (χ1) is 8.24. The Morgan fingerprint density at radius 1 is 1.35 bits per heavy atom. The van der Waals surface area contributed by atoms with Crippen molar-refractivity contribution in [1.29, 1.82) is 0 Å². The summed E-state index contributed by atoms with van der Waals surface area (Å²) in [7, 11) is 1.71. The Balaban J connectivity index is 2.23. The molecular formula is C14H21NO2. The number of hydrogen-bond acceptors (Lipinski definition) is 3. The lowest BCUT2D eigenvalue weighted by atomic mass is 9.87. The predicted octanol–water partition coefficient (Wildman–Crippen LogP) is 2.43. The lowest BCUT2D eigenvalue weighted by molar-refractivity contribution is 0.0581. The quantitative estimate of drug-likeness (QED) is 0.875. The van der Waals surface area contributed by atoms with Crippen molar-refractivity contribution in [1.82, 2.24) is 0 Å². The van der Waals surface area contributed by atoms with E-state index in [1.807, 2.05) is 6.07 Å². The molecule has 1 unspecified atom stereocenters. The van der Waals surface area contributed by atoms with Crippen molar-refractivity contribution in [2.75, 3.05) is 20.3 Å². The van der Waals surface area contributed by atoms with E-state index in [4.69, 9.17) is 15.2 Å². The van der Waals surface area contributed by atoms with Crippen LogP contribution in [0.5, 0.6) is 5.75 Å². The van der Waals surface area contributed by atoms with Crippen molar-refractivity contribution >= 4 is 0 Å². The minimum Gasteiger partial charge on any atom is -0.496 e. The van der Waals surface area contributed by atoms with Gasteiger partial charge in [-0.3, -0.25) is 0 Å². The highest BCUT2D eigenvalue weighted by Crippen LogP contribution is 2.34. The molecule has 94 valence electrons. The van der Waals surface area contributed by atoms with Crippen LogP contribution in [0.2, 0.25) is 0 Å². The lowest BCUT2D eigenvalue weighted by Gasteiger charge is -2.29. The largest absolute Gasteiger partial charge is 0.496 e. The summed E-state index contributed by atoms with van der Waals surface area (Å²) in [5, 5.41) is 0. The monoisotopic (exact) mass is 235 g/mol. The molecule has 1 saturated heterocycles. The van der Waals surface area contributed by atoms with E-state index < -0.39 is 0 Å². The number of rotatable bonds is 3. The molecule has 1 aliphatic rings. The summed E-state index contributed by atoms with van der Waals surface area (Å²) in [5.74, 6) is 1.44. The van der Waals surface area contributed by atoms with E-state index in [1.165, 1.54) is 0 Å². The molecular weight excluding hydrogens is 214 g/mol. The van der Waals surface area contributed by atoms with Crippen molar-refractivity contribution in [3.05, 3.63) is 29.3 Å². The Bertz CT molecular complexity index is 372. The maximum absolute atomic E-state index is 6.38. The lowest BCUT2D eigenvalue weighted by Crippen LogP contribution is -2.27. The van der Waals surface area contributed by atoms with Gasteiger partial charge in [-0.2, -0.15) is 0 Å². The topological polar surface area (TPSA) is 44.5 Å². The number of ether oxygens (including phenoxy) is 2. The average molecular weight is 235 g/mol. The van der Waals surface area contributed by atoms with Gasteiger partial charge in [0.05, 0.1) is 7.11 Å². The maximum Gasteiger partial charge on any atom is 0.126 e. The van der Waals surface area contributed by atoms with E-state index in [9.17, 15) is 0 Å². The number of nitrogens with two attached hydrogens (primary N) is 1. The predicted molar refractivity (Wildman–Crippen MR) is 68.2 cm³/mol. The van der Waals surface area contributed by atoms with Crippen LogP contribution in [0, 0.1) is 12.8 Å². The van der Waals surface area contributed by atoms with Crippen molar-refractivity contribution in [2.45, 2.75) is 25.8 Å². The van der Waals surface area contributed by atoms with Gasteiger partial charge in [0, 0.05) is 24.8 Å². The van der Waals surface area contributed by atoms with Crippen LogP contribution in [0.1, 0.15) is 30.0 Å². The SMILES string of the molecule is COc1c(C)cccc1C(N)C1CCOCC1. The van der Waals surface area contributed by atoms with E-state index in [2.05, 4.69) is 19.1 Å². The molecule has 1 aliphatic heterocycles. The second kappa shape index (κ2) is 5.52. The summed E-state index contributed by atoms with van der Waals surface area (Å²) in [6.45, 7) is 3.71. The molecule has 0 aliphatic carbocycles. The third-order valence-corrected chi connectivity index (χ3v) is 3.58. The van der Waals surface area contributed by atoms with Crippen LogP contribution in [-0.4, -0.2) is 20.3 Å². The zero-order chi connectivity index (χ0) is 12.3. The maximum atomic E-state index is 6.38. The van der Waals surface area contributed by atoms with Crippen LogP contribution in [-0.2, 0) is 4.74 Å². The fourth-order valence-corrected chi connectivity index (χ4v) is 2.55. The van der Waals surface area contributed by atoms with Gasteiger partial charge in [-0.1, -0.05) is 18.2 Å². The van der Waals surface area contributed by atoms with Crippen LogP contribution in [0.3, 0.4) is 0 Å². The third-order valence-electron chi connectivity index (χ3n) is 3.58. The first-order valence-electron chi connectivity index (χ1n) is 6.21. The number of para-hydroxylation sites is 1. The van der Waals surface area contributed by atoms with E-state index >= 15 is 0 Å². The Morgan fingerprint density at radius 3 is 2.71 bits per heavy atom. The highest BCUT2D eigenvalue weighted by atomic mass is 16.5. The van der Waals surface area contributed by atoms with Gasteiger partial charge in [0.2, 0.25) is 0 Å². The molecule has 2 N–H and O–H groups in total. The smallest absolute Gasteiger partial charge is 0.126 e. The molecule has 0 aromatic heterocycles. The fourth-order valence-electron chi connectivity index (χ4n) is 2.55. The molecule has 1 atom stereocenters. The molecule has 0 spiro atoms.